The number of amides is 2. The quantitative estimate of drug-likeness (QED) is 0.265. The van der Waals surface area contributed by atoms with Crippen LogP contribution in [0.1, 0.15) is 15.2 Å². The van der Waals surface area contributed by atoms with Gasteiger partial charge >= 0.3 is 5.97 Å². The van der Waals surface area contributed by atoms with Crippen LogP contribution in [0.25, 0.3) is 6.08 Å². The van der Waals surface area contributed by atoms with Crippen LogP contribution in [0.5, 0.6) is 5.75 Å². The molecule has 0 aliphatic carbocycles. The summed E-state index contributed by atoms with van der Waals surface area (Å²) < 4.78 is 5.35. The number of esters is 1. The molecule has 1 N–H and O–H groups in total. The van der Waals surface area contributed by atoms with E-state index in [0.717, 1.165) is 5.01 Å². The first-order chi connectivity index (χ1) is 14.4. The third-order valence-electron chi connectivity index (χ3n) is 4.15. The van der Waals surface area contributed by atoms with Crippen LogP contribution in [0.15, 0.2) is 65.6 Å². The van der Waals surface area contributed by atoms with E-state index in [1.807, 2.05) is 0 Å². The van der Waals surface area contributed by atoms with E-state index < -0.39 is 17.8 Å². The third kappa shape index (κ3) is 4.09. The van der Waals surface area contributed by atoms with Crippen LogP contribution in [0, 0.1) is 0 Å². The van der Waals surface area contributed by atoms with Crippen molar-refractivity contribution in [3.63, 3.8) is 0 Å². The summed E-state index contributed by atoms with van der Waals surface area (Å²) in [5.74, 6) is -1.28. The molecule has 1 aliphatic heterocycles. The van der Waals surface area contributed by atoms with Gasteiger partial charge in [-0.3, -0.25) is 15.0 Å². The number of benzene rings is 2. The van der Waals surface area contributed by atoms with Crippen LogP contribution in [-0.4, -0.2) is 17.8 Å². The molecule has 1 aliphatic rings. The van der Waals surface area contributed by atoms with Crippen molar-refractivity contribution in [2.75, 3.05) is 5.01 Å². The molecule has 0 radical (unpaired) electrons. The molecule has 2 heterocycles. The number of hydrazine groups is 1. The second-order valence-electron chi connectivity index (χ2n) is 6.18. The Hall–Kier alpha value is -3.13. The summed E-state index contributed by atoms with van der Waals surface area (Å²) in [7, 11) is 0. The molecule has 0 unspecified atom stereocenters. The molecule has 150 valence electrons. The standard InChI is InChI=1S/C21H12Cl2N2O4S/c22-16-7-6-13(11-17(16)23)25-20(27)15(19(26)24-25)10-12-3-1-4-14(9-12)29-21(28)18-5-2-8-30-18/h1-11H,(H,24,26)/b15-10-. The predicted molar refractivity (Wildman–Crippen MR) is 116 cm³/mol. The normalized spacial score (nSPS) is 14.9. The second-order valence-corrected chi connectivity index (χ2v) is 7.94. The zero-order valence-electron chi connectivity index (χ0n) is 15.1. The van der Waals surface area contributed by atoms with Crippen molar-refractivity contribution in [1.82, 2.24) is 5.43 Å². The molecule has 0 atom stereocenters. The number of halogens is 2. The number of hydrogen-bond donors (Lipinski definition) is 1. The highest BCUT2D eigenvalue weighted by molar-refractivity contribution is 7.12. The summed E-state index contributed by atoms with van der Waals surface area (Å²) in [5, 5.41) is 3.47. The summed E-state index contributed by atoms with van der Waals surface area (Å²) in [5.41, 5.74) is 3.33. The molecule has 1 saturated heterocycles. The Morgan fingerprint density at radius 1 is 1.03 bits per heavy atom. The van der Waals surface area contributed by atoms with Crippen LogP contribution < -0.4 is 15.2 Å². The highest BCUT2D eigenvalue weighted by Crippen LogP contribution is 2.29. The van der Waals surface area contributed by atoms with Gasteiger partial charge in [0, 0.05) is 0 Å². The fourth-order valence-electron chi connectivity index (χ4n) is 2.75. The van der Waals surface area contributed by atoms with Crippen molar-refractivity contribution in [3.05, 3.63) is 86.0 Å². The minimum Gasteiger partial charge on any atom is -0.422 e. The molecule has 1 aromatic heterocycles. The van der Waals surface area contributed by atoms with Gasteiger partial charge in [0.2, 0.25) is 0 Å². The Kier molecular flexibility index (Phi) is 5.59. The van der Waals surface area contributed by atoms with Crippen molar-refractivity contribution in [3.8, 4) is 5.75 Å². The number of carbonyl (C=O) groups excluding carboxylic acids is 3. The van der Waals surface area contributed by atoms with E-state index in [1.54, 1.807) is 47.8 Å². The fraction of sp³-hybridized carbons (Fsp3) is 0. The Balaban J connectivity index is 1.57. The molecular weight excluding hydrogens is 447 g/mol. The zero-order valence-corrected chi connectivity index (χ0v) is 17.4. The molecule has 0 bridgehead atoms. The topological polar surface area (TPSA) is 75.7 Å². The van der Waals surface area contributed by atoms with Gasteiger partial charge < -0.3 is 4.74 Å². The van der Waals surface area contributed by atoms with E-state index in [-0.39, 0.29) is 10.6 Å². The maximum atomic E-state index is 12.7. The predicted octanol–water partition coefficient (Wildman–Crippen LogP) is 4.74. The van der Waals surface area contributed by atoms with Crippen LogP contribution in [0.3, 0.4) is 0 Å². The molecule has 2 aromatic carbocycles. The number of thiophene rings is 1. The third-order valence-corrected chi connectivity index (χ3v) is 5.74. The molecule has 0 spiro atoms. The lowest BCUT2D eigenvalue weighted by Gasteiger charge is -2.15. The SMILES string of the molecule is O=C1NN(c2ccc(Cl)c(Cl)c2)C(=O)/C1=C\c1cccc(OC(=O)c2cccs2)c1. The number of nitrogens with zero attached hydrogens (tertiary/aromatic N) is 1. The minimum absolute atomic E-state index is 0.0668. The van der Waals surface area contributed by atoms with Crippen LogP contribution >= 0.6 is 34.5 Å². The van der Waals surface area contributed by atoms with Crippen molar-refractivity contribution in [2.24, 2.45) is 0 Å². The van der Waals surface area contributed by atoms with Crippen molar-refractivity contribution < 1.29 is 19.1 Å². The van der Waals surface area contributed by atoms with Gasteiger partial charge in [0.05, 0.1) is 15.7 Å². The van der Waals surface area contributed by atoms with E-state index in [1.165, 1.54) is 29.5 Å². The molecular formula is C21H12Cl2N2O4S. The van der Waals surface area contributed by atoms with Gasteiger partial charge in [0.25, 0.3) is 11.8 Å². The first-order valence-electron chi connectivity index (χ1n) is 8.60. The lowest BCUT2D eigenvalue weighted by Crippen LogP contribution is -2.35. The maximum Gasteiger partial charge on any atom is 0.353 e. The van der Waals surface area contributed by atoms with Gasteiger partial charge in [0.15, 0.2) is 0 Å². The highest BCUT2D eigenvalue weighted by atomic mass is 35.5. The number of ether oxygens (including phenoxy) is 1. The lowest BCUT2D eigenvalue weighted by atomic mass is 10.1. The Morgan fingerprint density at radius 3 is 2.60 bits per heavy atom. The van der Waals surface area contributed by atoms with Crippen molar-refractivity contribution >= 4 is 64.1 Å². The average molecular weight is 459 g/mol. The van der Waals surface area contributed by atoms with Gasteiger partial charge in [-0.15, -0.1) is 11.3 Å². The van der Waals surface area contributed by atoms with Crippen LogP contribution in [0.4, 0.5) is 5.69 Å². The summed E-state index contributed by atoms with van der Waals surface area (Å²) in [6.45, 7) is 0. The average Bonchev–Trinajstić information content (AvgIpc) is 3.35. The van der Waals surface area contributed by atoms with Gasteiger partial charge in [-0.2, -0.15) is 0 Å². The molecule has 0 saturated carbocycles. The number of rotatable bonds is 4. The monoisotopic (exact) mass is 458 g/mol. The van der Waals surface area contributed by atoms with Gasteiger partial charge in [-0.05, 0) is 53.4 Å². The molecule has 2 amide bonds. The second kappa shape index (κ2) is 8.31. The number of anilines is 1. The minimum atomic E-state index is -0.563. The summed E-state index contributed by atoms with van der Waals surface area (Å²) in [6, 6.07) is 14.5. The van der Waals surface area contributed by atoms with E-state index in [9.17, 15) is 14.4 Å². The molecule has 1 fully saturated rings. The van der Waals surface area contributed by atoms with E-state index in [2.05, 4.69) is 5.43 Å². The molecule has 30 heavy (non-hydrogen) atoms. The molecule has 6 nitrogen and oxygen atoms in total. The van der Waals surface area contributed by atoms with Gasteiger partial charge in [0.1, 0.15) is 16.2 Å². The Morgan fingerprint density at radius 2 is 1.87 bits per heavy atom. The maximum absolute atomic E-state index is 12.7. The number of nitrogens with one attached hydrogen (secondary N) is 1. The molecule has 3 aromatic rings. The van der Waals surface area contributed by atoms with Crippen molar-refractivity contribution in [2.45, 2.75) is 0 Å². The van der Waals surface area contributed by atoms with Crippen LogP contribution in [0.2, 0.25) is 10.0 Å². The van der Waals surface area contributed by atoms with Crippen molar-refractivity contribution in [1.29, 1.82) is 0 Å². The highest BCUT2D eigenvalue weighted by Gasteiger charge is 2.34. The smallest absolute Gasteiger partial charge is 0.353 e. The zero-order chi connectivity index (χ0) is 21.3. The largest absolute Gasteiger partial charge is 0.422 e. The molecule has 4 rings (SSSR count). The van der Waals surface area contributed by atoms with E-state index in [0.29, 0.717) is 26.9 Å². The fourth-order valence-corrected chi connectivity index (χ4v) is 3.64. The van der Waals surface area contributed by atoms with Gasteiger partial charge in [-0.1, -0.05) is 41.4 Å². The Bertz CT molecular complexity index is 1190. The van der Waals surface area contributed by atoms with Crippen LogP contribution in [-0.2, 0) is 9.59 Å². The number of hydrogen-bond acceptors (Lipinski definition) is 5. The van der Waals surface area contributed by atoms with E-state index in [4.69, 9.17) is 27.9 Å². The first kappa shape index (κ1) is 20.2. The molecule has 9 heteroatoms. The lowest BCUT2D eigenvalue weighted by molar-refractivity contribution is -0.117. The number of carbonyl (C=O) groups is 3. The summed E-state index contributed by atoms with van der Waals surface area (Å²) >= 11 is 13.2. The summed E-state index contributed by atoms with van der Waals surface area (Å²) in [4.78, 5) is 37.7. The summed E-state index contributed by atoms with van der Waals surface area (Å²) in [6.07, 6.45) is 1.43. The first-order valence-corrected chi connectivity index (χ1v) is 10.2. The Labute approximate surface area is 185 Å². The van der Waals surface area contributed by atoms with E-state index >= 15 is 0 Å². The van der Waals surface area contributed by atoms with Gasteiger partial charge in [-0.25, -0.2) is 9.80 Å².